The van der Waals surface area contributed by atoms with Gasteiger partial charge < -0.3 is 20.5 Å². The number of ether oxygens (including phenoxy) is 1. The van der Waals surface area contributed by atoms with Gasteiger partial charge in [-0.1, -0.05) is 42.5 Å². The van der Waals surface area contributed by atoms with Crippen LogP contribution in [0.1, 0.15) is 59.7 Å². The van der Waals surface area contributed by atoms with Gasteiger partial charge in [-0.2, -0.15) is 0 Å². The Kier molecular flexibility index (Phi) is 9.84. The molecule has 0 radical (unpaired) electrons. The Labute approximate surface area is 241 Å². The molecule has 1 aromatic heterocycles. The molecule has 3 amide bonds. The number of halogens is 2. The van der Waals surface area contributed by atoms with Crippen molar-refractivity contribution >= 4 is 17.9 Å². The van der Waals surface area contributed by atoms with Crippen LogP contribution in [-0.2, 0) is 13.2 Å². The zero-order valence-electron chi connectivity index (χ0n) is 23.6. The fourth-order valence-electron chi connectivity index (χ4n) is 3.94. The molecule has 0 aliphatic heterocycles. The standard InChI is InChI=1S/C30H32F2N4O6/c1-6-18(2)34-28(39)24-26(42-17-19-10-8-7-9-11-19)25(37)22(16-35(24)36(29(40)41)30(3,4)5)27(38)33-15-20-12-13-21(31)14-23(20)32/h6-14,16,18H,1,15,17H2,2-5H3,(H,33,38)(H,34,39)(H,40,41)/t18-/m0/s1. The number of aromatic nitrogens is 1. The molecule has 1 heterocycles. The molecule has 0 fully saturated rings. The molecule has 2 aromatic carbocycles. The number of nitrogens with zero attached hydrogens (tertiary/aromatic N) is 2. The molecule has 0 spiro atoms. The number of carbonyl (C=O) groups excluding carboxylic acids is 2. The number of amides is 3. The molecule has 3 aromatic rings. The number of pyridine rings is 1. The summed E-state index contributed by atoms with van der Waals surface area (Å²) in [4.78, 5) is 53.1. The second-order valence-corrected chi connectivity index (χ2v) is 10.3. The average molecular weight is 583 g/mol. The Morgan fingerprint density at radius 1 is 1.12 bits per heavy atom. The minimum absolute atomic E-state index is 0.0538. The van der Waals surface area contributed by atoms with Crippen molar-refractivity contribution in [3.63, 3.8) is 0 Å². The summed E-state index contributed by atoms with van der Waals surface area (Å²) in [5.74, 6) is -4.16. The minimum atomic E-state index is -1.49. The number of nitrogens with one attached hydrogen (secondary N) is 2. The van der Waals surface area contributed by atoms with E-state index >= 15 is 0 Å². The highest BCUT2D eigenvalue weighted by molar-refractivity contribution is 5.99. The van der Waals surface area contributed by atoms with E-state index in [4.69, 9.17) is 4.74 Å². The van der Waals surface area contributed by atoms with Crippen LogP contribution in [0, 0.1) is 11.6 Å². The first-order chi connectivity index (χ1) is 19.7. The third kappa shape index (κ3) is 7.39. The van der Waals surface area contributed by atoms with Crippen molar-refractivity contribution in [3.05, 3.63) is 112 Å². The molecule has 1 atom stereocenters. The first-order valence-electron chi connectivity index (χ1n) is 12.9. The van der Waals surface area contributed by atoms with E-state index < -0.39 is 70.1 Å². The van der Waals surface area contributed by atoms with Gasteiger partial charge in [0.05, 0.1) is 5.54 Å². The normalized spacial score (nSPS) is 11.8. The smallest absolute Gasteiger partial charge is 0.427 e. The van der Waals surface area contributed by atoms with Crippen LogP contribution in [0.2, 0.25) is 0 Å². The molecular formula is C30H32F2N4O6. The Bertz CT molecular complexity index is 1550. The molecule has 0 unspecified atom stereocenters. The van der Waals surface area contributed by atoms with E-state index in [1.165, 1.54) is 6.08 Å². The van der Waals surface area contributed by atoms with E-state index in [0.29, 0.717) is 11.6 Å². The molecule has 0 saturated heterocycles. The number of rotatable bonds is 10. The van der Waals surface area contributed by atoms with Crippen molar-refractivity contribution in [1.82, 2.24) is 15.3 Å². The molecule has 3 rings (SSSR count). The lowest BCUT2D eigenvalue weighted by Gasteiger charge is -2.36. The number of hydrogen-bond donors (Lipinski definition) is 3. The van der Waals surface area contributed by atoms with Crippen molar-refractivity contribution in [2.45, 2.75) is 52.4 Å². The summed E-state index contributed by atoms with van der Waals surface area (Å²) in [6.45, 7) is 9.29. The van der Waals surface area contributed by atoms with Crippen molar-refractivity contribution in [3.8, 4) is 5.75 Å². The quantitative estimate of drug-likeness (QED) is 0.305. The zero-order chi connectivity index (χ0) is 31.2. The number of hydrogen-bond acceptors (Lipinski definition) is 5. The Balaban J connectivity index is 2.23. The van der Waals surface area contributed by atoms with Crippen LogP contribution in [0.4, 0.5) is 13.6 Å². The van der Waals surface area contributed by atoms with E-state index in [-0.39, 0.29) is 12.2 Å². The van der Waals surface area contributed by atoms with Gasteiger partial charge in [0.1, 0.15) is 23.8 Å². The van der Waals surface area contributed by atoms with Gasteiger partial charge in [0.15, 0.2) is 11.4 Å². The monoisotopic (exact) mass is 582 g/mol. The first-order valence-corrected chi connectivity index (χ1v) is 12.9. The summed E-state index contributed by atoms with van der Waals surface area (Å²) >= 11 is 0. The highest BCUT2D eigenvalue weighted by Gasteiger charge is 2.35. The van der Waals surface area contributed by atoms with Crippen LogP contribution in [0.25, 0.3) is 0 Å². The minimum Gasteiger partial charge on any atom is -0.482 e. The molecule has 222 valence electrons. The lowest BCUT2D eigenvalue weighted by molar-refractivity contribution is 0.0917. The van der Waals surface area contributed by atoms with Gasteiger partial charge in [-0.25, -0.2) is 23.3 Å². The van der Waals surface area contributed by atoms with Crippen LogP contribution >= 0.6 is 0 Å². The highest BCUT2D eigenvalue weighted by atomic mass is 19.1. The number of carbonyl (C=O) groups is 3. The Hall–Kier alpha value is -5.00. The van der Waals surface area contributed by atoms with Crippen LogP contribution in [0.3, 0.4) is 0 Å². The van der Waals surface area contributed by atoms with E-state index in [2.05, 4.69) is 17.2 Å². The van der Waals surface area contributed by atoms with Gasteiger partial charge in [-0.05, 0) is 39.3 Å². The van der Waals surface area contributed by atoms with Gasteiger partial charge in [0.25, 0.3) is 11.8 Å². The molecular weight excluding hydrogens is 550 g/mol. The maximum atomic E-state index is 14.2. The Morgan fingerprint density at radius 3 is 2.36 bits per heavy atom. The van der Waals surface area contributed by atoms with Gasteiger partial charge in [0, 0.05) is 30.4 Å². The summed E-state index contributed by atoms with van der Waals surface area (Å²) in [5, 5.41) is 15.9. The molecule has 42 heavy (non-hydrogen) atoms. The highest BCUT2D eigenvalue weighted by Crippen LogP contribution is 2.23. The Morgan fingerprint density at radius 2 is 1.79 bits per heavy atom. The van der Waals surface area contributed by atoms with Crippen molar-refractivity contribution in [1.29, 1.82) is 0 Å². The fraction of sp³-hybridized carbons (Fsp3) is 0.267. The van der Waals surface area contributed by atoms with Gasteiger partial charge in [-0.15, -0.1) is 6.58 Å². The molecule has 3 N–H and O–H groups in total. The predicted molar refractivity (Wildman–Crippen MR) is 152 cm³/mol. The van der Waals surface area contributed by atoms with Crippen LogP contribution < -0.4 is 25.8 Å². The summed E-state index contributed by atoms with van der Waals surface area (Å²) in [6, 6.07) is 10.9. The first kappa shape index (κ1) is 31.5. The summed E-state index contributed by atoms with van der Waals surface area (Å²) in [6.07, 6.45) is 0.853. The summed E-state index contributed by atoms with van der Waals surface area (Å²) < 4.78 is 34.2. The fourth-order valence-corrected chi connectivity index (χ4v) is 3.94. The zero-order valence-corrected chi connectivity index (χ0v) is 23.6. The summed E-state index contributed by atoms with van der Waals surface area (Å²) in [5.41, 5.74) is -2.66. The summed E-state index contributed by atoms with van der Waals surface area (Å²) in [7, 11) is 0. The van der Waals surface area contributed by atoms with Crippen LogP contribution in [-0.4, -0.2) is 39.3 Å². The SMILES string of the molecule is C=C[C@H](C)NC(=O)c1c(OCc2ccccc2)c(=O)c(C(=O)NCc2ccc(F)cc2F)cn1N(C(=O)O)C(C)(C)C. The van der Waals surface area contributed by atoms with Crippen molar-refractivity contribution < 1.29 is 33.0 Å². The van der Waals surface area contributed by atoms with E-state index in [1.807, 2.05) is 0 Å². The van der Waals surface area contributed by atoms with Crippen molar-refractivity contribution in [2.24, 2.45) is 0 Å². The van der Waals surface area contributed by atoms with E-state index in [0.717, 1.165) is 28.0 Å². The van der Waals surface area contributed by atoms with E-state index in [1.54, 1.807) is 58.0 Å². The van der Waals surface area contributed by atoms with Crippen LogP contribution in [0.15, 0.2) is 72.2 Å². The average Bonchev–Trinajstić information content (AvgIpc) is 2.91. The molecule has 0 aliphatic carbocycles. The molecule has 0 aliphatic rings. The van der Waals surface area contributed by atoms with Gasteiger partial charge >= 0.3 is 6.09 Å². The maximum absolute atomic E-state index is 14.2. The lowest BCUT2D eigenvalue weighted by atomic mass is 10.1. The number of carboxylic acid groups (broad SMARTS) is 1. The number of benzene rings is 2. The molecule has 12 heteroatoms. The second kappa shape index (κ2) is 13.1. The topological polar surface area (TPSA) is 130 Å². The molecule has 0 saturated carbocycles. The predicted octanol–water partition coefficient (Wildman–Crippen LogP) is 4.35. The largest absolute Gasteiger partial charge is 0.482 e. The lowest BCUT2D eigenvalue weighted by Crippen LogP contribution is -2.55. The maximum Gasteiger partial charge on any atom is 0.427 e. The van der Waals surface area contributed by atoms with Gasteiger partial charge in [0.2, 0.25) is 5.43 Å². The van der Waals surface area contributed by atoms with Gasteiger partial charge in [-0.3, -0.25) is 14.4 Å². The van der Waals surface area contributed by atoms with Crippen LogP contribution in [0.5, 0.6) is 5.75 Å². The third-order valence-electron chi connectivity index (χ3n) is 6.03. The molecule has 0 bridgehead atoms. The van der Waals surface area contributed by atoms with E-state index in [9.17, 15) is 33.1 Å². The van der Waals surface area contributed by atoms with Crippen molar-refractivity contribution in [2.75, 3.05) is 5.01 Å². The second-order valence-electron chi connectivity index (χ2n) is 10.3. The molecule has 10 nitrogen and oxygen atoms in total. The third-order valence-corrected chi connectivity index (χ3v) is 6.03.